The van der Waals surface area contributed by atoms with Gasteiger partial charge in [0, 0.05) is 25.6 Å². The molecule has 0 spiro atoms. The molecule has 6 heteroatoms. The summed E-state index contributed by atoms with van der Waals surface area (Å²) in [5.74, 6) is 2.34. The molecule has 0 aromatic heterocycles. The zero-order valence-corrected chi connectivity index (χ0v) is 27.8. The normalized spacial score (nSPS) is 25.0. The highest BCUT2D eigenvalue weighted by atomic mass is 16.5. The van der Waals surface area contributed by atoms with Crippen LogP contribution in [0.1, 0.15) is 105 Å². The van der Waals surface area contributed by atoms with E-state index >= 15 is 0 Å². The van der Waals surface area contributed by atoms with E-state index in [1.165, 1.54) is 5.56 Å². The lowest BCUT2D eigenvalue weighted by Crippen LogP contribution is -2.63. The lowest BCUT2D eigenvalue weighted by molar-refractivity contribution is -0.213. The summed E-state index contributed by atoms with van der Waals surface area (Å²) in [6.45, 7) is 16.3. The molecule has 0 heterocycles. The van der Waals surface area contributed by atoms with Gasteiger partial charge in [-0.3, -0.25) is 9.59 Å². The van der Waals surface area contributed by atoms with Gasteiger partial charge < -0.3 is 18.9 Å². The zero-order chi connectivity index (χ0) is 31.0. The molecule has 42 heavy (non-hydrogen) atoms. The van der Waals surface area contributed by atoms with Crippen LogP contribution in [0, 0.1) is 29.1 Å². The van der Waals surface area contributed by atoms with Gasteiger partial charge in [0.2, 0.25) is 0 Å². The van der Waals surface area contributed by atoms with Crippen molar-refractivity contribution >= 4 is 11.6 Å². The van der Waals surface area contributed by atoms with Crippen molar-refractivity contribution in [3.05, 3.63) is 29.8 Å². The first-order chi connectivity index (χ1) is 19.8. The van der Waals surface area contributed by atoms with Gasteiger partial charge in [-0.1, -0.05) is 19.1 Å². The van der Waals surface area contributed by atoms with Crippen LogP contribution in [0.4, 0.5) is 0 Å². The third kappa shape index (κ3) is 8.45. The fourth-order valence-corrected chi connectivity index (χ4v) is 7.18. The Morgan fingerprint density at radius 1 is 0.738 bits per heavy atom. The molecule has 238 valence electrons. The fourth-order valence-electron chi connectivity index (χ4n) is 7.18. The molecule has 0 aliphatic heterocycles. The van der Waals surface area contributed by atoms with Crippen molar-refractivity contribution in [3.8, 4) is 5.75 Å². The highest BCUT2D eigenvalue weighted by Gasteiger charge is 2.59. The standard InChI is InChI=1S/C36H58O6/c1-9-27-14-20-32(21-15-27)40-22-23-41-34(3,4)36(7,33(38)31-18-16-30(17-19-31)26(2)37)35(5,6)42-25-29-12-10-28(11-13-29)24-39-8/h14-15,20-21,28-31H,9-13,16-19,22-25H2,1-8H3. The maximum Gasteiger partial charge on any atom is 0.147 e. The first kappa shape index (κ1) is 34.7. The highest BCUT2D eigenvalue weighted by molar-refractivity contribution is 5.89. The molecule has 2 aliphatic rings. The average Bonchev–Trinajstić information content (AvgIpc) is 2.98. The Morgan fingerprint density at radius 2 is 1.26 bits per heavy atom. The second kappa shape index (κ2) is 15.3. The molecule has 1 aromatic rings. The van der Waals surface area contributed by atoms with E-state index in [4.69, 9.17) is 18.9 Å². The summed E-state index contributed by atoms with van der Waals surface area (Å²) in [6, 6.07) is 8.16. The molecule has 0 radical (unpaired) electrons. The number of hydrogen-bond acceptors (Lipinski definition) is 6. The Bertz CT molecular complexity index is 983. The van der Waals surface area contributed by atoms with Crippen LogP contribution < -0.4 is 4.74 Å². The minimum atomic E-state index is -0.913. The topological polar surface area (TPSA) is 71.1 Å². The lowest BCUT2D eigenvalue weighted by atomic mass is 9.58. The number of Topliss-reactive ketones (excluding diaryl/α,β-unsaturated/α-hetero) is 2. The summed E-state index contributed by atoms with van der Waals surface area (Å²) in [7, 11) is 1.78. The van der Waals surface area contributed by atoms with E-state index in [-0.39, 0.29) is 23.4 Å². The summed E-state index contributed by atoms with van der Waals surface area (Å²) in [5.41, 5.74) is -1.21. The number of carbonyl (C=O) groups excluding carboxylic acids is 2. The maximum atomic E-state index is 14.6. The Kier molecular flexibility index (Phi) is 12.7. The van der Waals surface area contributed by atoms with Crippen molar-refractivity contribution in [2.24, 2.45) is 29.1 Å². The molecule has 1 aromatic carbocycles. The Morgan fingerprint density at radius 3 is 1.79 bits per heavy atom. The molecular weight excluding hydrogens is 528 g/mol. The lowest BCUT2D eigenvalue weighted by Gasteiger charge is -2.53. The second-order valence-electron chi connectivity index (χ2n) is 14.0. The van der Waals surface area contributed by atoms with Crippen LogP contribution in [-0.2, 0) is 30.2 Å². The molecule has 0 bridgehead atoms. The van der Waals surface area contributed by atoms with E-state index < -0.39 is 16.6 Å². The van der Waals surface area contributed by atoms with Crippen LogP contribution in [0.15, 0.2) is 24.3 Å². The van der Waals surface area contributed by atoms with Crippen molar-refractivity contribution in [2.75, 3.05) is 33.5 Å². The smallest absolute Gasteiger partial charge is 0.147 e. The first-order valence-electron chi connectivity index (χ1n) is 16.4. The van der Waals surface area contributed by atoms with Gasteiger partial charge in [0.05, 0.1) is 29.8 Å². The molecule has 1 unspecified atom stereocenters. The number of hydrogen-bond donors (Lipinski definition) is 0. The SMILES string of the molecule is CCc1ccc(OCCOC(C)(C)C(C)(C(=O)C2CCC(C(C)=O)CC2)C(C)(C)OCC2CCC(COC)CC2)cc1. The number of rotatable bonds is 16. The fraction of sp³-hybridized carbons (Fsp3) is 0.778. The van der Waals surface area contributed by atoms with Gasteiger partial charge in [-0.25, -0.2) is 0 Å². The first-order valence-corrected chi connectivity index (χ1v) is 16.4. The molecule has 0 N–H and O–H groups in total. The number of aryl methyl sites for hydroxylation is 1. The van der Waals surface area contributed by atoms with Gasteiger partial charge >= 0.3 is 0 Å². The second-order valence-corrected chi connectivity index (χ2v) is 14.0. The minimum absolute atomic E-state index is 0.0746. The number of methoxy groups -OCH3 is 1. The van der Waals surface area contributed by atoms with Gasteiger partial charge in [-0.15, -0.1) is 0 Å². The summed E-state index contributed by atoms with van der Waals surface area (Å²) in [4.78, 5) is 26.6. The number of ether oxygens (including phenoxy) is 4. The van der Waals surface area contributed by atoms with Crippen LogP contribution >= 0.6 is 0 Å². The van der Waals surface area contributed by atoms with Gasteiger partial charge in [0.25, 0.3) is 0 Å². The van der Waals surface area contributed by atoms with E-state index in [1.807, 2.05) is 32.9 Å². The minimum Gasteiger partial charge on any atom is -0.491 e. The van der Waals surface area contributed by atoms with Crippen LogP contribution in [-0.4, -0.2) is 56.3 Å². The predicted molar refractivity (Wildman–Crippen MR) is 168 cm³/mol. The van der Waals surface area contributed by atoms with Gasteiger partial charge in [0.15, 0.2) is 0 Å². The van der Waals surface area contributed by atoms with Gasteiger partial charge in [-0.05, 0) is 129 Å². The van der Waals surface area contributed by atoms with Gasteiger partial charge in [0.1, 0.15) is 23.9 Å². The zero-order valence-electron chi connectivity index (χ0n) is 27.8. The molecular formula is C36H58O6. The van der Waals surface area contributed by atoms with Crippen molar-refractivity contribution in [1.29, 1.82) is 0 Å². The Hall–Kier alpha value is -1.76. The maximum absolute atomic E-state index is 14.6. The van der Waals surface area contributed by atoms with Crippen LogP contribution in [0.3, 0.4) is 0 Å². The van der Waals surface area contributed by atoms with Crippen molar-refractivity contribution in [3.63, 3.8) is 0 Å². The largest absolute Gasteiger partial charge is 0.491 e. The number of ketones is 2. The summed E-state index contributed by atoms with van der Waals surface area (Å²) in [6.07, 6.45) is 8.60. The quantitative estimate of drug-likeness (QED) is 0.185. The molecule has 2 aliphatic carbocycles. The molecule has 0 saturated heterocycles. The molecule has 2 saturated carbocycles. The monoisotopic (exact) mass is 586 g/mol. The van der Waals surface area contributed by atoms with E-state index in [0.717, 1.165) is 70.1 Å². The third-order valence-corrected chi connectivity index (χ3v) is 10.8. The van der Waals surface area contributed by atoms with Crippen molar-refractivity contribution < 1.29 is 28.5 Å². The van der Waals surface area contributed by atoms with Crippen LogP contribution in [0.25, 0.3) is 0 Å². The molecule has 1 atom stereocenters. The Balaban J connectivity index is 1.72. The van der Waals surface area contributed by atoms with Crippen LogP contribution in [0.2, 0.25) is 0 Å². The van der Waals surface area contributed by atoms with Gasteiger partial charge in [-0.2, -0.15) is 0 Å². The summed E-state index contributed by atoms with van der Waals surface area (Å²) >= 11 is 0. The van der Waals surface area contributed by atoms with E-state index in [1.54, 1.807) is 14.0 Å². The van der Waals surface area contributed by atoms with E-state index in [9.17, 15) is 9.59 Å². The van der Waals surface area contributed by atoms with Crippen molar-refractivity contribution in [2.45, 2.75) is 117 Å². The summed E-state index contributed by atoms with van der Waals surface area (Å²) < 4.78 is 24.7. The predicted octanol–water partition coefficient (Wildman–Crippen LogP) is 7.64. The molecule has 6 nitrogen and oxygen atoms in total. The molecule has 2 fully saturated rings. The average molecular weight is 587 g/mol. The number of carbonyl (C=O) groups is 2. The van der Waals surface area contributed by atoms with Crippen LogP contribution in [0.5, 0.6) is 5.75 Å². The highest BCUT2D eigenvalue weighted by Crippen LogP contribution is 2.50. The molecule has 3 rings (SSSR count). The van der Waals surface area contributed by atoms with Crippen molar-refractivity contribution in [1.82, 2.24) is 0 Å². The van der Waals surface area contributed by atoms with E-state index in [2.05, 4.69) is 32.9 Å². The molecule has 0 amide bonds. The third-order valence-electron chi connectivity index (χ3n) is 10.8. The van der Waals surface area contributed by atoms with E-state index in [0.29, 0.717) is 31.7 Å². The summed E-state index contributed by atoms with van der Waals surface area (Å²) in [5, 5.41) is 0. The Labute approximate surface area is 255 Å². The number of benzene rings is 1.